The highest BCUT2D eigenvalue weighted by molar-refractivity contribution is 6.00. The van der Waals surface area contributed by atoms with Gasteiger partial charge < -0.3 is 4.90 Å². The lowest BCUT2D eigenvalue weighted by atomic mass is 9.94. The average molecular weight is 440 g/mol. The second kappa shape index (κ2) is 9.08. The number of aromatic nitrogens is 2. The highest BCUT2D eigenvalue weighted by Gasteiger charge is 2.37. The Labute approximate surface area is 191 Å². The van der Waals surface area contributed by atoms with Gasteiger partial charge in [-0.15, -0.1) is 0 Å². The van der Waals surface area contributed by atoms with Crippen molar-refractivity contribution < 1.29 is 9.59 Å². The maximum Gasteiger partial charge on any atom is 0.236 e. The van der Waals surface area contributed by atoms with E-state index in [2.05, 4.69) is 4.90 Å². The summed E-state index contributed by atoms with van der Waals surface area (Å²) in [5, 5.41) is 0. The number of likely N-dealkylation sites (tertiary alicyclic amines) is 1. The normalized spacial score (nSPS) is 24.6. The summed E-state index contributed by atoms with van der Waals surface area (Å²) in [6.45, 7) is 4.13. The fourth-order valence-electron chi connectivity index (χ4n) is 5.72. The molecule has 5 rings (SSSR count). The number of carbonyl (C=O) groups is 2. The Morgan fingerprint density at radius 1 is 1.03 bits per heavy atom. The second-order valence-corrected chi connectivity index (χ2v) is 10.4. The van der Waals surface area contributed by atoms with Crippen molar-refractivity contribution in [2.24, 2.45) is 5.92 Å². The molecule has 1 atom stereocenters. The smallest absolute Gasteiger partial charge is 0.236 e. The minimum Gasteiger partial charge on any atom is -0.342 e. The molecule has 32 heavy (non-hydrogen) atoms. The molecule has 0 spiro atoms. The fourth-order valence-corrected chi connectivity index (χ4v) is 5.72. The third-order valence-corrected chi connectivity index (χ3v) is 8.00. The van der Waals surface area contributed by atoms with Gasteiger partial charge in [-0.05, 0) is 57.9 Å². The molecule has 2 aliphatic heterocycles. The van der Waals surface area contributed by atoms with E-state index in [1.807, 2.05) is 23.8 Å². The van der Waals surface area contributed by atoms with E-state index in [1.165, 1.54) is 32.1 Å². The van der Waals surface area contributed by atoms with Crippen LogP contribution in [0.15, 0.2) is 0 Å². The van der Waals surface area contributed by atoms with Gasteiger partial charge in [0.2, 0.25) is 11.8 Å². The van der Waals surface area contributed by atoms with Crippen molar-refractivity contribution in [2.75, 3.05) is 31.6 Å². The average Bonchev–Trinajstić information content (AvgIpc) is 3.57. The van der Waals surface area contributed by atoms with Crippen LogP contribution in [-0.2, 0) is 16.0 Å². The summed E-state index contributed by atoms with van der Waals surface area (Å²) >= 11 is 0. The maximum absolute atomic E-state index is 13.2. The molecule has 1 aromatic heterocycles. The molecule has 4 aliphatic rings. The van der Waals surface area contributed by atoms with Gasteiger partial charge in [-0.2, -0.15) is 0 Å². The minimum absolute atomic E-state index is 0.0509. The van der Waals surface area contributed by atoms with Crippen LogP contribution in [0.5, 0.6) is 0 Å². The Hall–Kier alpha value is -2.02. The van der Waals surface area contributed by atoms with Crippen LogP contribution in [0.4, 0.5) is 5.82 Å². The number of piperidine rings is 1. The monoisotopic (exact) mass is 439 g/mol. The Bertz CT molecular complexity index is 877. The number of anilines is 1. The summed E-state index contributed by atoms with van der Waals surface area (Å²) in [6.07, 6.45) is 12.1. The van der Waals surface area contributed by atoms with E-state index in [4.69, 9.17) is 9.97 Å². The topological polar surface area (TPSA) is 69.6 Å². The molecule has 1 aromatic rings. The molecule has 7 nitrogen and oxygen atoms in total. The van der Waals surface area contributed by atoms with Crippen LogP contribution in [-0.4, -0.2) is 64.3 Å². The molecular formula is C25H37N5O2. The number of likely N-dealkylation sites (N-methyl/N-ethyl adjacent to an activating group) is 1. The third kappa shape index (κ3) is 4.41. The molecule has 0 N–H and O–H groups in total. The van der Waals surface area contributed by atoms with Crippen molar-refractivity contribution >= 4 is 17.6 Å². The summed E-state index contributed by atoms with van der Waals surface area (Å²) < 4.78 is 0. The molecule has 1 saturated heterocycles. The number of fused-ring (bicyclic) bond motifs is 1. The molecule has 0 unspecified atom stereocenters. The van der Waals surface area contributed by atoms with Crippen LogP contribution in [0.1, 0.15) is 87.3 Å². The number of hydrogen-bond donors (Lipinski definition) is 0. The van der Waals surface area contributed by atoms with Gasteiger partial charge in [0.15, 0.2) is 0 Å². The molecule has 174 valence electrons. The van der Waals surface area contributed by atoms with Gasteiger partial charge in [0, 0.05) is 30.9 Å². The largest absolute Gasteiger partial charge is 0.342 e. The number of carbonyl (C=O) groups excluding carboxylic acids is 2. The standard InChI is InChI=1S/C25H37N5O2/c1-17-20-14-22(31)30(15-18-11-12-18)25(20)27-24(26-17)21-10-6-7-13-29(21)16-23(32)28(2)19-8-4-3-5-9-19/h18-19,21H,3-16H2,1-2H3/t21-/m1/s1. The van der Waals surface area contributed by atoms with Crippen LogP contribution in [0, 0.1) is 12.8 Å². The summed E-state index contributed by atoms with van der Waals surface area (Å²) in [5.41, 5.74) is 1.92. The number of hydrogen-bond acceptors (Lipinski definition) is 5. The van der Waals surface area contributed by atoms with Crippen molar-refractivity contribution in [3.05, 3.63) is 17.1 Å². The highest BCUT2D eigenvalue weighted by Crippen LogP contribution is 2.37. The molecule has 0 aromatic carbocycles. The second-order valence-electron chi connectivity index (χ2n) is 10.4. The molecule has 0 bridgehead atoms. The van der Waals surface area contributed by atoms with Crippen LogP contribution >= 0.6 is 0 Å². The fraction of sp³-hybridized carbons (Fsp3) is 0.760. The first-order valence-corrected chi connectivity index (χ1v) is 12.7. The van der Waals surface area contributed by atoms with E-state index in [0.29, 0.717) is 24.9 Å². The molecule has 7 heteroatoms. The lowest BCUT2D eigenvalue weighted by molar-refractivity contribution is -0.134. The number of aryl methyl sites for hydroxylation is 1. The molecule has 0 radical (unpaired) electrons. The van der Waals surface area contributed by atoms with E-state index >= 15 is 0 Å². The zero-order valence-electron chi connectivity index (χ0n) is 19.7. The van der Waals surface area contributed by atoms with Crippen molar-refractivity contribution in [1.29, 1.82) is 0 Å². The van der Waals surface area contributed by atoms with Crippen LogP contribution in [0.25, 0.3) is 0 Å². The summed E-state index contributed by atoms with van der Waals surface area (Å²) in [7, 11) is 1.98. The van der Waals surface area contributed by atoms with Gasteiger partial charge in [-0.3, -0.25) is 19.4 Å². The van der Waals surface area contributed by atoms with E-state index in [0.717, 1.165) is 68.1 Å². The SMILES string of the molecule is Cc1nc([C@H]2CCCCN2CC(=O)N(C)C2CCCCC2)nc2c1CC(=O)N2CC1CC1. The van der Waals surface area contributed by atoms with Crippen LogP contribution in [0.2, 0.25) is 0 Å². The maximum atomic E-state index is 13.2. The number of nitrogens with zero attached hydrogens (tertiary/aromatic N) is 5. The van der Waals surface area contributed by atoms with Crippen LogP contribution < -0.4 is 4.90 Å². The Balaban J connectivity index is 1.34. The Kier molecular flexibility index (Phi) is 6.19. The number of amides is 2. The van der Waals surface area contributed by atoms with E-state index in [-0.39, 0.29) is 17.9 Å². The van der Waals surface area contributed by atoms with Crippen molar-refractivity contribution in [3.63, 3.8) is 0 Å². The molecule has 2 amide bonds. The quantitative estimate of drug-likeness (QED) is 0.679. The highest BCUT2D eigenvalue weighted by atomic mass is 16.2. The minimum atomic E-state index is 0.0509. The van der Waals surface area contributed by atoms with Gasteiger partial charge >= 0.3 is 0 Å². The molecule has 2 saturated carbocycles. The molecule has 2 aliphatic carbocycles. The van der Waals surface area contributed by atoms with Gasteiger partial charge in [-0.25, -0.2) is 9.97 Å². The first-order chi connectivity index (χ1) is 15.5. The predicted molar refractivity (Wildman–Crippen MR) is 123 cm³/mol. The summed E-state index contributed by atoms with van der Waals surface area (Å²) in [6, 6.07) is 0.440. The lowest BCUT2D eigenvalue weighted by Crippen LogP contribution is -2.46. The van der Waals surface area contributed by atoms with Crippen molar-refractivity contribution in [2.45, 2.75) is 89.6 Å². The zero-order chi connectivity index (χ0) is 22.2. The Morgan fingerprint density at radius 2 is 1.78 bits per heavy atom. The van der Waals surface area contributed by atoms with Gasteiger partial charge in [-0.1, -0.05) is 25.7 Å². The Morgan fingerprint density at radius 3 is 2.53 bits per heavy atom. The van der Waals surface area contributed by atoms with Gasteiger partial charge in [0.25, 0.3) is 0 Å². The van der Waals surface area contributed by atoms with Crippen LogP contribution in [0.3, 0.4) is 0 Å². The summed E-state index contributed by atoms with van der Waals surface area (Å²) in [4.78, 5) is 41.8. The zero-order valence-corrected chi connectivity index (χ0v) is 19.7. The van der Waals surface area contributed by atoms with Gasteiger partial charge in [0.05, 0.1) is 19.0 Å². The third-order valence-electron chi connectivity index (χ3n) is 8.00. The molecule has 3 fully saturated rings. The van der Waals surface area contributed by atoms with Gasteiger partial charge in [0.1, 0.15) is 11.6 Å². The molecular weight excluding hydrogens is 402 g/mol. The summed E-state index contributed by atoms with van der Waals surface area (Å²) in [5.74, 6) is 2.63. The van der Waals surface area contributed by atoms with Crippen molar-refractivity contribution in [3.8, 4) is 0 Å². The number of rotatable bonds is 6. The molecule has 3 heterocycles. The van der Waals surface area contributed by atoms with E-state index in [1.54, 1.807) is 0 Å². The first kappa shape index (κ1) is 21.8. The lowest BCUT2D eigenvalue weighted by Gasteiger charge is -2.37. The van der Waals surface area contributed by atoms with Crippen molar-refractivity contribution in [1.82, 2.24) is 19.8 Å². The predicted octanol–water partition coefficient (Wildman–Crippen LogP) is 3.40. The first-order valence-electron chi connectivity index (χ1n) is 12.7. The van der Waals surface area contributed by atoms with E-state index in [9.17, 15) is 9.59 Å². The van der Waals surface area contributed by atoms with E-state index < -0.39 is 0 Å².